The molecule has 0 spiro atoms. The number of nitrogens with zero attached hydrogens (tertiary/aromatic N) is 4. The fraction of sp³-hybridized carbons (Fsp3) is 0.182. The van der Waals surface area contributed by atoms with Crippen LogP contribution in [0.4, 0.5) is 0 Å². The molecular weight excluding hydrogens is 398 g/mol. The zero-order valence-electron chi connectivity index (χ0n) is 17.3. The third-order valence-electron chi connectivity index (χ3n) is 4.77. The van der Waals surface area contributed by atoms with Crippen molar-refractivity contribution >= 4 is 5.91 Å². The van der Waals surface area contributed by atoms with Gasteiger partial charge in [-0.2, -0.15) is 5.10 Å². The van der Waals surface area contributed by atoms with Gasteiger partial charge in [-0.15, -0.1) is 0 Å². The van der Waals surface area contributed by atoms with E-state index in [1.807, 2.05) is 18.2 Å². The fourth-order valence-electron chi connectivity index (χ4n) is 3.12. The second kappa shape index (κ2) is 8.70. The van der Waals surface area contributed by atoms with Gasteiger partial charge in [-0.3, -0.25) is 4.79 Å². The molecular formula is C22H21N5O4. The minimum Gasteiger partial charge on any atom is -0.497 e. The molecule has 4 aromatic rings. The molecule has 3 heterocycles. The molecule has 9 nitrogen and oxygen atoms in total. The van der Waals surface area contributed by atoms with Gasteiger partial charge in [-0.1, -0.05) is 0 Å². The Bertz CT molecular complexity index is 1200. The Morgan fingerprint density at radius 1 is 1.19 bits per heavy atom. The van der Waals surface area contributed by atoms with Crippen LogP contribution in [0.1, 0.15) is 21.8 Å². The first-order valence-electron chi connectivity index (χ1n) is 9.51. The molecule has 0 saturated carbocycles. The van der Waals surface area contributed by atoms with Crippen molar-refractivity contribution in [1.82, 2.24) is 25.1 Å². The van der Waals surface area contributed by atoms with Crippen LogP contribution in [0.25, 0.3) is 17.2 Å². The summed E-state index contributed by atoms with van der Waals surface area (Å²) in [6.45, 7) is 2.08. The summed E-state index contributed by atoms with van der Waals surface area (Å²) in [5.74, 6) is 2.08. The minimum atomic E-state index is -0.259. The molecule has 0 radical (unpaired) electrons. The Morgan fingerprint density at radius 3 is 2.81 bits per heavy atom. The van der Waals surface area contributed by atoms with E-state index >= 15 is 0 Å². The van der Waals surface area contributed by atoms with E-state index < -0.39 is 0 Å². The standard InChI is InChI=1S/C22H21N5O4/c1-14-18(21(28)24-12-16-5-4-10-31-16)13-25-27(14)22-23-9-8-19(26-22)17-11-15(29-2)6-7-20(17)30-3/h4-11,13H,12H2,1-3H3,(H,24,28). The summed E-state index contributed by atoms with van der Waals surface area (Å²) in [5.41, 5.74) is 2.44. The molecule has 3 aromatic heterocycles. The normalized spacial score (nSPS) is 10.7. The van der Waals surface area contributed by atoms with E-state index in [1.54, 1.807) is 51.8 Å². The zero-order valence-corrected chi connectivity index (χ0v) is 17.3. The number of ether oxygens (including phenoxy) is 2. The molecule has 0 aliphatic carbocycles. The number of aromatic nitrogens is 4. The summed E-state index contributed by atoms with van der Waals surface area (Å²) in [4.78, 5) is 21.5. The number of carbonyl (C=O) groups is 1. The number of benzene rings is 1. The van der Waals surface area contributed by atoms with Crippen molar-refractivity contribution in [3.63, 3.8) is 0 Å². The SMILES string of the molecule is COc1ccc(OC)c(-c2ccnc(-n3ncc(C(=O)NCc4ccco4)c3C)n2)c1. The largest absolute Gasteiger partial charge is 0.497 e. The van der Waals surface area contributed by atoms with Gasteiger partial charge in [0, 0.05) is 11.8 Å². The molecule has 1 amide bonds. The molecule has 0 unspecified atom stereocenters. The number of hydrogen-bond acceptors (Lipinski definition) is 7. The van der Waals surface area contributed by atoms with E-state index in [4.69, 9.17) is 13.9 Å². The van der Waals surface area contributed by atoms with E-state index in [1.165, 1.54) is 10.9 Å². The predicted octanol–water partition coefficient (Wildman–Crippen LogP) is 3.18. The number of nitrogens with one attached hydrogen (secondary N) is 1. The Kier molecular flexibility index (Phi) is 5.65. The van der Waals surface area contributed by atoms with Gasteiger partial charge in [0.15, 0.2) is 0 Å². The topological polar surface area (TPSA) is 104 Å². The quantitative estimate of drug-likeness (QED) is 0.491. The molecule has 0 aliphatic rings. The van der Waals surface area contributed by atoms with Crippen LogP contribution in [0.3, 0.4) is 0 Å². The van der Waals surface area contributed by atoms with Crippen LogP contribution in [0.2, 0.25) is 0 Å². The molecule has 9 heteroatoms. The average Bonchev–Trinajstić information content (AvgIpc) is 3.47. The van der Waals surface area contributed by atoms with E-state index in [9.17, 15) is 4.79 Å². The lowest BCUT2D eigenvalue weighted by molar-refractivity contribution is 0.0947. The lowest BCUT2D eigenvalue weighted by Crippen LogP contribution is -2.23. The van der Waals surface area contributed by atoms with Gasteiger partial charge in [0.2, 0.25) is 0 Å². The third kappa shape index (κ3) is 4.11. The maximum Gasteiger partial charge on any atom is 0.255 e. The number of hydrogen-bond donors (Lipinski definition) is 1. The predicted molar refractivity (Wildman–Crippen MR) is 112 cm³/mol. The van der Waals surface area contributed by atoms with Gasteiger partial charge in [-0.05, 0) is 43.3 Å². The number of methoxy groups -OCH3 is 2. The van der Waals surface area contributed by atoms with Crippen molar-refractivity contribution in [3.05, 3.63) is 72.1 Å². The molecule has 0 saturated heterocycles. The van der Waals surface area contributed by atoms with Crippen LogP contribution < -0.4 is 14.8 Å². The Labute approximate surface area is 178 Å². The Morgan fingerprint density at radius 2 is 2.06 bits per heavy atom. The highest BCUT2D eigenvalue weighted by atomic mass is 16.5. The lowest BCUT2D eigenvalue weighted by Gasteiger charge is -2.11. The Hall–Kier alpha value is -4.14. The fourth-order valence-corrected chi connectivity index (χ4v) is 3.12. The molecule has 0 atom stereocenters. The van der Waals surface area contributed by atoms with Crippen LogP contribution >= 0.6 is 0 Å². The van der Waals surface area contributed by atoms with Crippen LogP contribution in [-0.2, 0) is 6.54 Å². The maximum absolute atomic E-state index is 12.6. The molecule has 158 valence electrons. The zero-order chi connectivity index (χ0) is 21.8. The summed E-state index contributed by atoms with van der Waals surface area (Å²) < 4.78 is 17.6. The van der Waals surface area contributed by atoms with Gasteiger partial charge in [0.1, 0.15) is 17.3 Å². The van der Waals surface area contributed by atoms with Crippen molar-refractivity contribution in [2.24, 2.45) is 0 Å². The van der Waals surface area contributed by atoms with Gasteiger partial charge >= 0.3 is 0 Å². The van der Waals surface area contributed by atoms with Gasteiger partial charge in [-0.25, -0.2) is 14.6 Å². The van der Waals surface area contributed by atoms with Crippen molar-refractivity contribution in [2.75, 3.05) is 14.2 Å². The molecule has 0 fully saturated rings. The van der Waals surface area contributed by atoms with Crippen LogP contribution in [0, 0.1) is 6.92 Å². The van der Waals surface area contributed by atoms with E-state index in [0.29, 0.717) is 40.2 Å². The number of amides is 1. The molecule has 1 N–H and O–H groups in total. The average molecular weight is 419 g/mol. The second-order valence-electron chi connectivity index (χ2n) is 6.63. The smallest absolute Gasteiger partial charge is 0.255 e. The number of carbonyl (C=O) groups excluding carboxylic acids is 1. The third-order valence-corrected chi connectivity index (χ3v) is 4.77. The van der Waals surface area contributed by atoms with Crippen molar-refractivity contribution in [2.45, 2.75) is 13.5 Å². The summed E-state index contributed by atoms with van der Waals surface area (Å²) in [7, 11) is 3.20. The summed E-state index contributed by atoms with van der Waals surface area (Å²) in [6, 6.07) is 10.8. The Balaban J connectivity index is 1.62. The van der Waals surface area contributed by atoms with Crippen LogP contribution in [-0.4, -0.2) is 39.9 Å². The van der Waals surface area contributed by atoms with E-state index in [0.717, 1.165) is 5.56 Å². The summed E-state index contributed by atoms with van der Waals surface area (Å²) in [5, 5.41) is 7.13. The first kappa shape index (κ1) is 20.1. The minimum absolute atomic E-state index is 0.259. The van der Waals surface area contributed by atoms with Crippen molar-refractivity contribution < 1.29 is 18.7 Å². The number of rotatable bonds is 7. The molecule has 0 bridgehead atoms. The van der Waals surface area contributed by atoms with Crippen molar-refractivity contribution in [1.29, 1.82) is 0 Å². The van der Waals surface area contributed by atoms with E-state index in [-0.39, 0.29) is 12.5 Å². The highest BCUT2D eigenvalue weighted by molar-refractivity contribution is 5.95. The molecule has 0 aliphatic heterocycles. The summed E-state index contributed by atoms with van der Waals surface area (Å²) in [6.07, 6.45) is 4.69. The number of furan rings is 1. The maximum atomic E-state index is 12.6. The summed E-state index contributed by atoms with van der Waals surface area (Å²) >= 11 is 0. The lowest BCUT2D eigenvalue weighted by atomic mass is 10.1. The van der Waals surface area contributed by atoms with Gasteiger partial charge < -0.3 is 19.2 Å². The molecule has 31 heavy (non-hydrogen) atoms. The highest BCUT2D eigenvalue weighted by Crippen LogP contribution is 2.32. The van der Waals surface area contributed by atoms with Gasteiger partial charge in [0.05, 0.1) is 50.2 Å². The first-order chi connectivity index (χ1) is 15.1. The van der Waals surface area contributed by atoms with Crippen molar-refractivity contribution in [3.8, 4) is 28.7 Å². The first-order valence-corrected chi connectivity index (χ1v) is 9.51. The van der Waals surface area contributed by atoms with Crippen LogP contribution in [0.5, 0.6) is 11.5 Å². The monoisotopic (exact) mass is 419 g/mol. The van der Waals surface area contributed by atoms with Crippen LogP contribution in [0.15, 0.2) is 59.5 Å². The highest BCUT2D eigenvalue weighted by Gasteiger charge is 2.18. The van der Waals surface area contributed by atoms with Gasteiger partial charge in [0.25, 0.3) is 11.9 Å². The molecule has 4 rings (SSSR count). The van der Waals surface area contributed by atoms with E-state index in [2.05, 4.69) is 20.4 Å². The molecule has 1 aromatic carbocycles. The second-order valence-corrected chi connectivity index (χ2v) is 6.63.